The summed E-state index contributed by atoms with van der Waals surface area (Å²) < 4.78 is 1.71. The summed E-state index contributed by atoms with van der Waals surface area (Å²) in [6.45, 7) is 6.26. The third-order valence-corrected chi connectivity index (χ3v) is 5.38. The summed E-state index contributed by atoms with van der Waals surface area (Å²) in [5, 5.41) is 8.76. The van der Waals surface area contributed by atoms with Gasteiger partial charge in [0, 0.05) is 11.6 Å². The van der Waals surface area contributed by atoms with Crippen molar-refractivity contribution < 1.29 is 4.79 Å². The average molecular weight is 399 g/mol. The van der Waals surface area contributed by atoms with Crippen molar-refractivity contribution in [1.82, 2.24) is 20.1 Å². The van der Waals surface area contributed by atoms with Crippen LogP contribution in [0.5, 0.6) is 0 Å². The van der Waals surface area contributed by atoms with E-state index in [9.17, 15) is 4.79 Å². The van der Waals surface area contributed by atoms with Crippen LogP contribution in [-0.2, 0) is 11.3 Å². The molecule has 0 bridgehead atoms. The number of nitrogens with one attached hydrogen (secondary N) is 1. The van der Waals surface area contributed by atoms with Crippen molar-refractivity contribution in [2.75, 3.05) is 0 Å². The third kappa shape index (κ3) is 3.96. The summed E-state index contributed by atoms with van der Waals surface area (Å²) >= 11 is 0. The molecular formula is C25H26N4O. The van der Waals surface area contributed by atoms with Crippen molar-refractivity contribution in [3.05, 3.63) is 83.7 Å². The third-order valence-electron chi connectivity index (χ3n) is 5.38. The molecule has 0 spiro atoms. The molecule has 2 aromatic carbocycles. The van der Waals surface area contributed by atoms with Gasteiger partial charge in [0.1, 0.15) is 6.54 Å². The number of benzene rings is 2. The molecule has 0 saturated heterocycles. The topological polar surface area (TPSA) is 59.8 Å². The normalized spacial score (nSPS) is 12.1. The van der Waals surface area contributed by atoms with Crippen LogP contribution in [-0.4, -0.2) is 20.7 Å². The lowest BCUT2D eigenvalue weighted by Crippen LogP contribution is -2.31. The van der Waals surface area contributed by atoms with Crippen molar-refractivity contribution in [3.8, 4) is 11.1 Å². The first-order valence-corrected chi connectivity index (χ1v) is 10.3. The number of nitrogens with zero attached hydrogens (tertiary/aromatic N) is 3. The Labute approximate surface area is 176 Å². The molecule has 0 fully saturated rings. The highest BCUT2D eigenvalue weighted by Gasteiger charge is 2.18. The first kappa shape index (κ1) is 19.8. The molecule has 1 amide bonds. The van der Waals surface area contributed by atoms with Gasteiger partial charge in [-0.05, 0) is 43.0 Å². The zero-order valence-corrected chi connectivity index (χ0v) is 17.6. The van der Waals surface area contributed by atoms with Crippen molar-refractivity contribution >= 4 is 16.9 Å². The lowest BCUT2D eigenvalue weighted by Gasteiger charge is -2.17. The number of carbonyl (C=O) groups is 1. The second kappa shape index (κ2) is 8.49. The van der Waals surface area contributed by atoms with Crippen LogP contribution in [0.15, 0.2) is 66.9 Å². The van der Waals surface area contributed by atoms with Gasteiger partial charge in [-0.3, -0.25) is 4.79 Å². The zero-order chi connectivity index (χ0) is 21.1. The largest absolute Gasteiger partial charge is 0.348 e. The van der Waals surface area contributed by atoms with E-state index < -0.39 is 0 Å². The second-order valence-electron chi connectivity index (χ2n) is 7.61. The predicted octanol–water partition coefficient (Wildman–Crippen LogP) is 4.98. The van der Waals surface area contributed by atoms with E-state index >= 15 is 0 Å². The number of fused-ring (bicyclic) bond motifs is 1. The van der Waals surface area contributed by atoms with Gasteiger partial charge in [-0.15, -0.1) is 0 Å². The van der Waals surface area contributed by atoms with E-state index in [-0.39, 0.29) is 18.5 Å². The molecule has 0 aliphatic rings. The van der Waals surface area contributed by atoms with Gasteiger partial charge >= 0.3 is 0 Å². The summed E-state index contributed by atoms with van der Waals surface area (Å²) in [7, 11) is 0. The van der Waals surface area contributed by atoms with E-state index in [1.165, 1.54) is 5.56 Å². The first-order chi connectivity index (χ1) is 14.6. The fourth-order valence-corrected chi connectivity index (χ4v) is 3.93. The Morgan fingerprint density at radius 1 is 1.07 bits per heavy atom. The van der Waals surface area contributed by atoms with Gasteiger partial charge in [0.05, 0.1) is 11.7 Å². The Kier molecular flexibility index (Phi) is 5.61. The maximum Gasteiger partial charge on any atom is 0.242 e. The Morgan fingerprint density at radius 3 is 2.60 bits per heavy atom. The minimum absolute atomic E-state index is 0.0163. The van der Waals surface area contributed by atoms with E-state index in [0.717, 1.165) is 39.8 Å². The molecule has 0 aliphatic heterocycles. The molecule has 0 saturated carbocycles. The summed E-state index contributed by atoms with van der Waals surface area (Å²) in [5.74, 6) is -0.0714. The van der Waals surface area contributed by atoms with E-state index in [2.05, 4.69) is 53.5 Å². The van der Waals surface area contributed by atoms with Gasteiger partial charge in [-0.25, -0.2) is 9.67 Å². The fraction of sp³-hybridized carbons (Fsp3) is 0.240. The molecule has 30 heavy (non-hydrogen) atoms. The van der Waals surface area contributed by atoms with Crippen molar-refractivity contribution in [2.24, 2.45) is 0 Å². The Morgan fingerprint density at radius 2 is 1.87 bits per heavy atom. The standard InChI is InChI=1S/C25H26N4O/c1-4-22(19-10-6-5-7-11-19)27-23(30)16-29-25-24(18(3)28-29)21(13-14-26-25)20-12-8-9-17(2)15-20/h5-15,22H,4,16H2,1-3H3,(H,27,30). The zero-order valence-electron chi connectivity index (χ0n) is 17.6. The van der Waals surface area contributed by atoms with E-state index in [1.807, 2.05) is 43.3 Å². The van der Waals surface area contributed by atoms with Crippen LogP contribution < -0.4 is 5.32 Å². The first-order valence-electron chi connectivity index (χ1n) is 10.3. The molecule has 4 aromatic rings. The van der Waals surface area contributed by atoms with Crippen molar-refractivity contribution in [3.63, 3.8) is 0 Å². The number of aromatic nitrogens is 3. The van der Waals surface area contributed by atoms with Crippen molar-refractivity contribution in [1.29, 1.82) is 0 Å². The van der Waals surface area contributed by atoms with E-state index in [1.54, 1.807) is 10.9 Å². The maximum atomic E-state index is 12.8. The quantitative estimate of drug-likeness (QED) is 0.498. The van der Waals surface area contributed by atoms with Crippen LogP contribution in [0.1, 0.15) is 36.2 Å². The average Bonchev–Trinajstić information content (AvgIpc) is 3.08. The smallest absolute Gasteiger partial charge is 0.242 e. The van der Waals surface area contributed by atoms with Gasteiger partial charge in [-0.1, -0.05) is 67.1 Å². The van der Waals surface area contributed by atoms with Crippen LogP contribution in [0, 0.1) is 13.8 Å². The number of hydrogen-bond acceptors (Lipinski definition) is 3. The molecule has 152 valence electrons. The van der Waals surface area contributed by atoms with Crippen LogP contribution in [0.3, 0.4) is 0 Å². The van der Waals surface area contributed by atoms with Crippen molar-refractivity contribution in [2.45, 2.75) is 39.8 Å². The molecule has 5 heteroatoms. The lowest BCUT2D eigenvalue weighted by molar-refractivity contribution is -0.122. The molecular weight excluding hydrogens is 372 g/mol. The van der Waals surface area contributed by atoms with E-state index in [0.29, 0.717) is 0 Å². The molecule has 0 radical (unpaired) electrons. The van der Waals surface area contributed by atoms with Gasteiger partial charge in [0.2, 0.25) is 5.91 Å². The van der Waals surface area contributed by atoms with Crippen LogP contribution in [0.25, 0.3) is 22.2 Å². The minimum atomic E-state index is -0.0714. The van der Waals surface area contributed by atoms with Crippen LogP contribution in [0.2, 0.25) is 0 Å². The molecule has 1 unspecified atom stereocenters. The van der Waals surface area contributed by atoms with Crippen LogP contribution >= 0.6 is 0 Å². The molecule has 5 nitrogen and oxygen atoms in total. The second-order valence-corrected chi connectivity index (χ2v) is 7.61. The maximum absolute atomic E-state index is 12.8. The molecule has 4 rings (SSSR count). The van der Waals surface area contributed by atoms with Crippen LogP contribution in [0.4, 0.5) is 0 Å². The highest BCUT2D eigenvalue weighted by molar-refractivity contribution is 5.95. The monoisotopic (exact) mass is 398 g/mol. The number of carbonyl (C=O) groups excluding carboxylic acids is 1. The number of pyridine rings is 1. The summed E-state index contributed by atoms with van der Waals surface area (Å²) in [5.41, 5.74) is 6.13. The SMILES string of the molecule is CCC(NC(=O)Cn1nc(C)c2c(-c3cccc(C)c3)ccnc21)c1ccccc1. The summed E-state index contributed by atoms with van der Waals surface area (Å²) in [4.78, 5) is 17.3. The number of rotatable bonds is 6. The Hall–Kier alpha value is -3.47. The van der Waals surface area contributed by atoms with Gasteiger partial charge < -0.3 is 5.32 Å². The van der Waals surface area contributed by atoms with Gasteiger partial charge in [0.15, 0.2) is 5.65 Å². The highest BCUT2D eigenvalue weighted by atomic mass is 16.2. The molecule has 1 N–H and O–H groups in total. The van der Waals surface area contributed by atoms with E-state index in [4.69, 9.17) is 0 Å². The highest BCUT2D eigenvalue weighted by Crippen LogP contribution is 2.30. The Bertz CT molecular complexity index is 1180. The van der Waals surface area contributed by atoms with Gasteiger partial charge in [-0.2, -0.15) is 5.10 Å². The van der Waals surface area contributed by atoms with Gasteiger partial charge in [0.25, 0.3) is 0 Å². The number of hydrogen-bond donors (Lipinski definition) is 1. The predicted molar refractivity (Wildman–Crippen MR) is 120 cm³/mol. The minimum Gasteiger partial charge on any atom is -0.348 e. The summed E-state index contributed by atoms with van der Waals surface area (Å²) in [6, 6.07) is 20.4. The Balaban J connectivity index is 1.62. The molecule has 0 aliphatic carbocycles. The summed E-state index contributed by atoms with van der Waals surface area (Å²) in [6.07, 6.45) is 2.61. The number of amides is 1. The molecule has 2 heterocycles. The molecule has 1 atom stereocenters. The number of aryl methyl sites for hydroxylation is 2. The molecule has 2 aromatic heterocycles. The fourth-order valence-electron chi connectivity index (χ4n) is 3.93. The lowest BCUT2D eigenvalue weighted by atomic mass is 10.0.